The summed E-state index contributed by atoms with van der Waals surface area (Å²) in [5.74, 6) is 0.827. The molecule has 0 radical (unpaired) electrons. The summed E-state index contributed by atoms with van der Waals surface area (Å²) in [5, 5.41) is 13.0. The van der Waals surface area contributed by atoms with Gasteiger partial charge in [-0.1, -0.05) is 6.42 Å². The maximum Gasteiger partial charge on any atom is 0.237 e. The molecule has 1 aliphatic rings. The fourth-order valence-electron chi connectivity index (χ4n) is 2.48. The van der Waals surface area contributed by atoms with Crippen LogP contribution in [0.15, 0.2) is 0 Å². The quantitative estimate of drug-likeness (QED) is 0.804. The molecule has 0 bridgehead atoms. The lowest BCUT2D eigenvalue weighted by Crippen LogP contribution is -2.55. The Morgan fingerprint density at radius 1 is 1.47 bits per heavy atom. The van der Waals surface area contributed by atoms with E-state index in [2.05, 4.69) is 10.2 Å². The molecular weight excluding hydrogens is 260 g/mol. The Balaban J connectivity index is 2.59. The molecule has 1 fully saturated rings. The van der Waals surface area contributed by atoms with Crippen LogP contribution in [0, 0.1) is 0 Å². The van der Waals surface area contributed by atoms with Gasteiger partial charge in [0.15, 0.2) is 0 Å². The van der Waals surface area contributed by atoms with E-state index in [-0.39, 0.29) is 23.6 Å². The van der Waals surface area contributed by atoms with Crippen molar-refractivity contribution in [1.82, 2.24) is 10.2 Å². The number of hydrogen-bond acceptors (Lipinski definition) is 4. The van der Waals surface area contributed by atoms with Gasteiger partial charge in [-0.25, -0.2) is 0 Å². The monoisotopic (exact) mass is 288 g/mol. The van der Waals surface area contributed by atoms with E-state index in [1.807, 2.05) is 27.0 Å². The molecule has 1 amide bonds. The number of aliphatic hydroxyl groups excluding tert-OH is 1. The first-order chi connectivity index (χ1) is 8.83. The normalized spacial score (nSPS) is 23.1. The molecule has 1 saturated heterocycles. The van der Waals surface area contributed by atoms with Crippen LogP contribution >= 0.6 is 11.8 Å². The third-order valence-corrected chi connectivity index (χ3v) is 3.94. The van der Waals surface area contributed by atoms with Crippen LogP contribution in [0.2, 0.25) is 0 Å². The highest BCUT2D eigenvalue weighted by Gasteiger charge is 2.31. The number of amides is 1. The largest absolute Gasteiger partial charge is 0.391 e. The second-order valence-corrected chi connectivity index (χ2v) is 7.27. The topological polar surface area (TPSA) is 52.6 Å². The Morgan fingerprint density at radius 2 is 2.16 bits per heavy atom. The molecule has 0 aromatic heterocycles. The summed E-state index contributed by atoms with van der Waals surface area (Å²) >= 11 is 1.64. The van der Waals surface area contributed by atoms with E-state index in [4.69, 9.17) is 0 Å². The highest BCUT2D eigenvalue weighted by atomic mass is 32.2. The Morgan fingerprint density at radius 3 is 2.74 bits per heavy atom. The molecule has 19 heavy (non-hydrogen) atoms. The molecule has 1 aliphatic heterocycles. The van der Waals surface area contributed by atoms with Crippen LogP contribution in [-0.4, -0.2) is 58.7 Å². The molecule has 4 nitrogen and oxygen atoms in total. The van der Waals surface area contributed by atoms with Crippen molar-refractivity contribution in [3.05, 3.63) is 0 Å². The van der Waals surface area contributed by atoms with Crippen molar-refractivity contribution in [2.45, 2.75) is 57.7 Å². The van der Waals surface area contributed by atoms with Crippen LogP contribution in [0.3, 0.4) is 0 Å². The molecule has 0 aromatic rings. The van der Waals surface area contributed by atoms with Crippen LogP contribution in [0.1, 0.15) is 40.0 Å². The molecule has 2 atom stereocenters. The van der Waals surface area contributed by atoms with Crippen molar-refractivity contribution in [3.63, 3.8) is 0 Å². The van der Waals surface area contributed by atoms with Gasteiger partial charge in [0.2, 0.25) is 5.91 Å². The summed E-state index contributed by atoms with van der Waals surface area (Å²) in [4.78, 5) is 14.5. The van der Waals surface area contributed by atoms with Gasteiger partial charge in [0, 0.05) is 17.8 Å². The minimum atomic E-state index is -0.349. The molecule has 2 unspecified atom stereocenters. The van der Waals surface area contributed by atoms with Gasteiger partial charge in [0.05, 0.1) is 12.1 Å². The number of likely N-dealkylation sites (tertiary alicyclic amines) is 1. The van der Waals surface area contributed by atoms with Gasteiger partial charge in [-0.15, -0.1) is 0 Å². The minimum absolute atomic E-state index is 0.0792. The lowest BCUT2D eigenvalue weighted by molar-refractivity contribution is -0.129. The van der Waals surface area contributed by atoms with Crippen molar-refractivity contribution >= 4 is 17.7 Å². The van der Waals surface area contributed by atoms with Gasteiger partial charge in [-0.3, -0.25) is 9.69 Å². The van der Waals surface area contributed by atoms with Gasteiger partial charge < -0.3 is 10.4 Å². The van der Waals surface area contributed by atoms with Crippen molar-refractivity contribution in [2.24, 2.45) is 0 Å². The predicted molar refractivity (Wildman–Crippen MR) is 81.5 cm³/mol. The molecule has 0 aromatic carbocycles. The number of rotatable bonds is 5. The number of β-amino-alcohol motifs (C(OH)–C–C–N with tert-alkyl or cyclic N) is 1. The smallest absolute Gasteiger partial charge is 0.237 e. The summed E-state index contributed by atoms with van der Waals surface area (Å²) in [5.41, 5.74) is -0.196. The first-order valence-electron chi connectivity index (χ1n) is 7.06. The van der Waals surface area contributed by atoms with Crippen molar-refractivity contribution in [1.29, 1.82) is 0 Å². The van der Waals surface area contributed by atoms with Crippen LogP contribution in [0.5, 0.6) is 0 Å². The zero-order valence-electron chi connectivity index (χ0n) is 12.6. The zero-order valence-corrected chi connectivity index (χ0v) is 13.4. The maximum absolute atomic E-state index is 12.3. The number of nitrogens with one attached hydrogen (secondary N) is 1. The predicted octanol–water partition coefficient (Wildman–Crippen LogP) is 1.48. The number of nitrogens with zero attached hydrogens (tertiary/aromatic N) is 1. The van der Waals surface area contributed by atoms with Crippen molar-refractivity contribution < 1.29 is 9.90 Å². The van der Waals surface area contributed by atoms with E-state index in [1.165, 1.54) is 0 Å². The molecule has 5 heteroatoms. The average molecular weight is 288 g/mol. The summed E-state index contributed by atoms with van der Waals surface area (Å²) in [6, 6.07) is -0.0792. The van der Waals surface area contributed by atoms with E-state index >= 15 is 0 Å². The standard InChI is InChI=1S/C14H28N2O2S/c1-14(2,3)15-13(18)12-7-5-6-8-16(12)9-11(17)10-19-4/h11-12,17H,5-10H2,1-4H3,(H,15,18). The van der Waals surface area contributed by atoms with Crippen molar-refractivity contribution in [2.75, 3.05) is 25.1 Å². The number of hydrogen-bond donors (Lipinski definition) is 2. The Kier molecular flexibility index (Phi) is 6.63. The fraction of sp³-hybridized carbons (Fsp3) is 0.929. The van der Waals surface area contributed by atoms with Gasteiger partial charge in [0.1, 0.15) is 0 Å². The first-order valence-corrected chi connectivity index (χ1v) is 8.46. The molecule has 0 spiro atoms. The second-order valence-electron chi connectivity index (χ2n) is 6.35. The van der Waals surface area contributed by atoms with Crippen LogP contribution in [0.25, 0.3) is 0 Å². The van der Waals surface area contributed by atoms with Crippen molar-refractivity contribution in [3.8, 4) is 0 Å². The molecule has 112 valence electrons. The van der Waals surface area contributed by atoms with Gasteiger partial charge in [-0.2, -0.15) is 11.8 Å². The minimum Gasteiger partial charge on any atom is -0.391 e. The summed E-state index contributed by atoms with van der Waals surface area (Å²) in [6.45, 7) is 7.51. The highest BCUT2D eigenvalue weighted by molar-refractivity contribution is 7.98. The fourth-order valence-corrected chi connectivity index (χ4v) is 2.97. The SMILES string of the molecule is CSCC(O)CN1CCCCC1C(=O)NC(C)(C)C. The Bertz CT molecular complexity index is 292. The van der Waals surface area contributed by atoms with E-state index in [0.29, 0.717) is 6.54 Å². The van der Waals surface area contributed by atoms with Crippen LogP contribution < -0.4 is 5.32 Å². The molecular formula is C14H28N2O2S. The molecule has 1 heterocycles. The van der Waals surface area contributed by atoms with E-state index in [9.17, 15) is 9.90 Å². The van der Waals surface area contributed by atoms with Crippen LogP contribution in [-0.2, 0) is 4.79 Å². The number of piperidine rings is 1. The van der Waals surface area contributed by atoms with E-state index < -0.39 is 0 Å². The second kappa shape index (κ2) is 7.50. The highest BCUT2D eigenvalue weighted by Crippen LogP contribution is 2.19. The van der Waals surface area contributed by atoms with E-state index in [1.54, 1.807) is 11.8 Å². The first kappa shape index (κ1) is 16.8. The van der Waals surface area contributed by atoms with Gasteiger partial charge in [0.25, 0.3) is 0 Å². The average Bonchev–Trinajstić information content (AvgIpc) is 2.27. The number of thioether (sulfide) groups is 1. The number of aliphatic hydroxyl groups is 1. The van der Waals surface area contributed by atoms with E-state index in [0.717, 1.165) is 31.6 Å². The summed E-state index contributed by atoms with van der Waals surface area (Å²) in [6.07, 6.45) is 4.75. The zero-order chi connectivity index (χ0) is 14.5. The third kappa shape index (κ3) is 6.15. The molecule has 0 aliphatic carbocycles. The molecule has 1 rings (SSSR count). The van der Waals surface area contributed by atoms with Crippen LogP contribution in [0.4, 0.5) is 0 Å². The molecule has 0 saturated carbocycles. The lowest BCUT2D eigenvalue weighted by Gasteiger charge is -2.37. The lowest BCUT2D eigenvalue weighted by atomic mass is 9.99. The summed E-state index contributed by atoms with van der Waals surface area (Å²) in [7, 11) is 0. The number of carbonyl (C=O) groups is 1. The molecule has 2 N–H and O–H groups in total. The Labute approximate surface area is 121 Å². The van der Waals surface area contributed by atoms with Gasteiger partial charge in [-0.05, 0) is 46.4 Å². The summed E-state index contributed by atoms with van der Waals surface area (Å²) < 4.78 is 0. The Hall–Kier alpha value is -0.260. The third-order valence-electron chi connectivity index (χ3n) is 3.22. The maximum atomic E-state index is 12.3. The van der Waals surface area contributed by atoms with Gasteiger partial charge >= 0.3 is 0 Å². The number of carbonyl (C=O) groups excluding carboxylic acids is 1.